The van der Waals surface area contributed by atoms with E-state index < -0.39 is 10.0 Å². The molecule has 1 fully saturated rings. The quantitative estimate of drug-likeness (QED) is 0.801. The Hall–Kier alpha value is -2.28. The Morgan fingerprint density at radius 2 is 1.81 bits per heavy atom. The smallest absolute Gasteiger partial charge is 0.265 e. The van der Waals surface area contributed by atoms with Crippen molar-refractivity contribution in [3.8, 4) is 5.75 Å². The van der Waals surface area contributed by atoms with Crippen molar-refractivity contribution >= 4 is 21.5 Å². The Balaban J connectivity index is 1.78. The van der Waals surface area contributed by atoms with Crippen LogP contribution in [0.15, 0.2) is 35.4 Å². The molecule has 0 atom stereocenters. The van der Waals surface area contributed by atoms with Crippen LogP contribution in [0.1, 0.15) is 36.8 Å². The van der Waals surface area contributed by atoms with Gasteiger partial charge in [-0.05, 0) is 62.1 Å². The number of nitrogens with one attached hydrogen (secondary N) is 2. The number of benzene rings is 1. The Morgan fingerprint density at radius 3 is 2.42 bits per heavy atom. The van der Waals surface area contributed by atoms with Crippen LogP contribution in [-0.4, -0.2) is 26.6 Å². The van der Waals surface area contributed by atoms with Gasteiger partial charge in [-0.2, -0.15) is 0 Å². The molecule has 3 rings (SSSR count). The van der Waals surface area contributed by atoms with Gasteiger partial charge in [0.05, 0.1) is 19.0 Å². The summed E-state index contributed by atoms with van der Waals surface area (Å²) in [4.78, 5) is 4.45. The summed E-state index contributed by atoms with van der Waals surface area (Å²) in [6.07, 6.45) is 6.33. The van der Waals surface area contributed by atoms with E-state index in [1.54, 1.807) is 24.3 Å². The maximum Gasteiger partial charge on any atom is 0.265 e. The predicted molar refractivity (Wildman–Crippen MR) is 103 cm³/mol. The van der Waals surface area contributed by atoms with Gasteiger partial charge in [0, 0.05) is 6.04 Å². The molecule has 26 heavy (non-hydrogen) atoms. The molecule has 6 nitrogen and oxygen atoms in total. The fourth-order valence-corrected chi connectivity index (χ4v) is 4.44. The van der Waals surface area contributed by atoms with Crippen LogP contribution >= 0.6 is 0 Å². The minimum absolute atomic E-state index is 0.122. The van der Waals surface area contributed by atoms with E-state index in [0.29, 0.717) is 17.5 Å². The zero-order valence-electron chi connectivity index (χ0n) is 15.4. The fraction of sp³-hybridized carbons (Fsp3) is 0.421. The molecular formula is C19H25N3O3S. The zero-order chi connectivity index (χ0) is 18.7. The standard InChI is InChI=1S/C19H25N3O3S/c1-13-10-17(25-3)18(11-14(13)2)26(23,24)22-16-8-9-19(20-12-16)21-15-6-4-5-7-15/h8-12,15,22H,4-7H2,1-3H3,(H,20,21). The first-order valence-electron chi connectivity index (χ1n) is 8.79. The average molecular weight is 375 g/mol. The number of anilines is 2. The van der Waals surface area contributed by atoms with Crippen LogP contribution in [0.4, 0.5) is 11.5 Å². The van der Waals surface area contributed by atoms with E-state index in [4.69, 9.17) is 4.74 Å². The number of nitrogens with zero attached hydrogens (tertiary/aromatic N) is 1. The largest absolute Gasteiger partial charge is 0.495 e. The minimum Gasteiger partial charge on any atom is -0.495 e. The number of aromatic nitrogens is 1. The summed E-state index contributed by atoms with van der Waals surface area (Å²) in [5, 5.41) is 3.39. The number of hydrogen-bond donors (Lipinski definition) is 2. The second-order valence-electron chi connectivity index (χ2n) is 6.75. The van der Waals surface area contributed by atoms with Crippen molar-refractivity contribution in [3.05, 3.63) is 41.6 Å². The SMILES string of the molecule is COc1cc(C)c(C)cc1S(=O)(=O)Nc1ccc(NC2CCCC2)nc1. The molecule has 1 saturated carbocycles. The molecular weight excluding hydrogens is 350 g/mol. The van der Waals surface area contributed by atoms with Crippen molar-refractivity contribution in [3.63, 3.8) is 0 Å². The molecule has 2 aromatic rings. The second kappa shape index (κ2) is 7.53. The van der Waals surface area contributed by atoms with Crippen molar-refractivity contribution in [2.24, 2.45) is 0 Å². The molecule has 0 spiro atoms. The summed E-state index contributed by atoms with van der Waals surface area (Å²) >= 11 is 0. The molecule has 0 unspecified atom stereocenters. The average Bonchev–Trinajstić information content (AvgIpc) is 3.11. The number of rotatable bonds is 6. The highest BCUT2D eigenvalue weighted by molar-refractivity contribution is 7.92. The number of sulfonamides is 1. The number of hydrogen-bond acceptors (Lipinski definition) is 5. The van der Waals surface area contributed by atoms with Crippen molar-refractivity contribution in [2.75, 3.05) is 17.1 Å². The molecule has 7 heteroatoms. The molecule has 1 aliphatic carbocycles. The van der Waals surface area contributed by atoms with Crippen LogP contribution in [0.3, 0.4) is 0 Å². The Labute approximate surface area is 155 Å². The van der Waals surface area contributed by atoms with E-state index >= 15 is 0 Å². The van der Waals surface area contributed by atoms with Crippen LogP contribution in [0, 0.1) is 13.8 Å². The van der Waals surface area contributed by atoms with Gasteiger partial charge in [-0.1, -0.05) is 12.8 Å². The zero-order valence-corrected chi connectivity index (χ0v) is 16.2. The lowest BCUT2D eigenvalue weighted by atomic mass is 10.1. The van der Waals surface area contributed by atoms with Crippen LogP contribution in [0.5, 0.6) is 5.75 Å². The highest BCUT2D eigenvalue weighted by Crippen LogP contribution is 2.29. The lowest BCUT2D eigenvalue weighted by Crippen LogP contribution is -2.16. The van der Waals surface area contributed by atoms with Gasteiger partial charge in [0.25, 0.3) is 10.0 Å². The first-order chi connectivity index (χ1) is 12.4. The third-order valence-corrected chi connectivity index (χ3v) is 6.19. The van der Waals surface area contributed by atoms with Crippen LogP contribution in [0.25, 0.3) is 0 Å². The number of pyridine rings is 1. The van der Waals surface area contributed by atoms with Gasteiger partial charge >= 0.3 is 0 Å². The van der Waals surface area contributed by atoms with Crippen molar-refractivity contribution in [1.29, 1.82) is 0 Å². The Morgan fingerprint density at radius 1 is 1.12 bits per heavy atom. The van der Waals surface area contributed by atoms with E-state index in [9.17, 15) is 8.42 Å². The van der Waals surface area contributed by atoms with Crippen LogP contribution in [-0.2, 0) is 10.0 Å². The first-order valence-corrected chi connectivity index (χ1v) is 10.3. The Bertz CT molecular complexity index is 874. The molecule has 1 aromatic heterocycles. The summed E-state index contributed by atoms with van der Waals surface area (Å²) in [6, 6.07) is 7.34. The van der Waals surface area contributed by atoms with Gasteiger partial charge in [-0.3, -0.25) is 4.72 Å². The summed E-state index contributed by atoms with van der Waals surface area (Å²) in [7, 11) is -2.30. The monoisotopic (exact) mass is 375 g/mol. The molecule has 0 radical (unpaired) electrons. The van der Waals surface area contributed by atoms with Gasteiger partial charge in [0.2, 0.25) is 0 Å². The summed E-state index contributed by atoms with van der Waals surface area (Å²) in [5.41, 5.74) is 2.28. The van der Waals surface area contributed by atoms with E-state index in [-0.39, 0.29) is 4.90 Å². The molecule has 0 saturated heterocycles. The van der Waals surface area contributed by atoms with Crippen molar-refractivity contribution in [1.82, 2.24) is 4.98 Å². The first kappa shape index (κ1) is 18.5. The van der Waals surface area contributed by atoms with E-state index in [1.165, 1.54) is 26.1 Å². The van der Waals surface area contributed by atoms with E-state index in [0.717, 1.165) is 29.8 Å². The summed E-state index contributed by atoms with van der Waals surface area (Å²) in [6.45, 7) is 3.79. The molecule has 1 heterocycles. The number of ether oxygens (including phenoxy) is 1. The highest BCUT2D eigenvalue weighted by atomic mass is 32.2. The summed E-state index contributed by atoms with van der Waals surface area (Å²) in [5.74, 6) is 1.09. The molecule has 2 N–H and O–H groups in total. The van der Waals surface area contributed by atoms with Crippen LogP contribution in [0.2, 0.25) is 0 Å². The topological polar surface area (TPSA) is 80.3 Å². The second-order valence-corrected chi connectivity index (χ2v) is 8.40. The van der Waals surface area contributed by atoms with Gasteiger partial charge < -0.3 is 10.1 Å². The fourth-order valence-electron chi connectivity index (χ4n) is 3.16. The summed E-state index contributed by atoms with van der Waals surface area (Å²) < 4.78 is 33.4. The molecule has 1 aromatic carbocycles. The number of methoxy groups -OCH3 is 1. The lowest BCUT2D eigenvalue weighted by molar-refractivity contribution is 0.402. The maximum absolute atomic E-state index is 12.8. The van der Waals surface area contributed by atoms with Crippen molar-refractivity contribution < 1.29 is 13.2 Å². The molecule has 140 valence electrons. The molecule has 0 bridgehead atoms. The normalized spacial score (nSPS) is 15.0. The third-order valence-electron chi connectivity index (χ3n) is 4.79. The van der Waals surface area contributed by atoms with Crippen molar-refractivity contribution in [2.45, 2.75) is 50.5 Å². The van der Waals surface area contributed by atoms with Gasteiger partial charge in [-0.15, -0.1) is 0 Å². The lowest BCUT2D eigenvalue weighted by Gasteiger charge is -2.15. The molecule has 0 amide bonds. The van der Waals surface area contributed by atoms with Gasteiger partial charge in [0.1, 0.15) is 16.5 Å². The molecule has 0 aliphatic heterocycles. The predicted octanol–water partition coefficient (Wildman–Crippen LogP) is 3.86. The van der Waals surface area contributed by atoms with Gasteiger partial charge in [0.15, 0.2) is 0 Å². The van der Waals surface area contributed by atoms with E-state index in [1.807, 2.05) is 13.8 Å². The molecule has 1 aliphatic rings. The Kier molecular flexibility index (Phi) is 5.36. The van der Waals surface area contributed by atoms with E-state index in [2.05, 4.69) is 15.0 Å². The minimum atomic E-state index is -3.77. The highest BCUT2D eigenvalue weighted by Gasteiger charge is 2.21. The maximum atomic E-state index is 12.8. The number of aryl methyl sites for hydroxylation is 2. The van der Waals surface area contributed by atoms with Crippen LogP contribution < -0.4 is 14.8 Å². The third kappa shape index (κ3) is 4.09. The van der Waals surface area contributed by atoms with Gasteiger partial charge in [-0.25, -0.2) is 13.4 Å².